The van der Waals surface area contributed by atoms with Gasteiger partial charge in [0.1, 0.15) is 6.04 Å². The van der Waals surface area contributed by atoms with Crippen molar-refractivity contribution in [1.82, 2.24) is 5.32 Å². The highest BCUT2D eigenvalue weighted by Gasteiger charge is 2.13. The topological polar surface area (TPSA) is 125 Å². The molecule has 0 fully saturated rings. The SMILES string of the molecule is CCOC(=O)C(N)CCSCCC(=O)NC(N)=O. The Kier molecular flexibility index (Phi) is 9.03. The third kappa shape index (κ3) is 8.82. The second kappa shape index (κ2) is 9.72. The fraction of sp³-hybridized carbons (Fsp3) is 0.700. The highest BCUT2D eigenvalue weighted by Crippen LogP contribution is 2.06. The fourth-order valence-electron chi connectivity index (χ4n) is 1.04. The number of carbonyl (C=O) groups is 3. The first-order valence-corrected chi connectivity index (χ1v) is 6.72. The van der Waals surface area contributed by atoms with Gasteiger partial charge in [0.25, 0.3) is 0 Å². The fourth-order valence-corrected chi connectivity index (χ4v) is 2.00. The van der Waals surface area contributed by atoms with Gasteiger partial charge in [-0.3, -0.25) is 14.9 Å². The second-order valence-corrected chi connectivity index (χ2v) is 4.65. The van der Waals surface area contributed by atoms with Gasteiger partial charge >= 0.3 is 12.0 Å². The number of carbonyl (C=O) groups excluding carboxylic acids is 3. The zero-order valence-electron chi connectivity index (χ0n) is 10.3. The van der Waals surface area contributed by atoms with Crippen molar-refractivity contribution in [3.63, 3.8) is 0 Å². The van der Waals surface area contributed by atoms with E-state index in [9.17, 15) is 14.4 Å². The van der Waals surface area contributed by atoms with Crippen LogP contribution in [-0.2, 0) is 14.3 Å². The van der Waals surface area contributed by atoms with Crippen LogP contribution in [0.3, 0.4) is 0 Å². The minimum atomic E-state index is -0.852. The molecule has 7 nitrogen and oxygen atoms in total. The van der Waals surface area contributed by atoms with Crippen molar-refractivity contribution in [2.75, 3.05) is 18.1 Å². The molecule has 0 saturated heterocycles. The van der Waals surface area contributed by atoms with E-state index in [1.807, 2.05) is 5.32 Å². The number of nitrogens with two attached hydrogens (primary N) is 2. The van der Waals surface area contributed by atoms with Crippen LogP contribution < -0.4 is 16.8 Å². The summed E-state index contributed by atoms with van der Waals surface area (Å²) < 4.78 is 4.75. The summed E-state index contributed by atoms with van der Waals surface area (Å²) in [6.07, 6.45) is 0.684. The molecule has 5 N–H and O–H groups in total. The quantitative estimate of drug-likeness (QED) is 0.409. The molecule has 0 heterocycles. The van der Waals surface area contributed by atoms with Crippen molar-refractivity contribution in [2.45, 2.75) is 25.8 Å². The number of urea groups is 1. The Morgan fingerprint density at radius 1 is 1.33 bits per heavy atom. The third-order valence-corrected chi connectivity index (χ3v) is 2.92. The minimum absolute atomic E-state index is 0.197. The van der Waals surface area contributed by atoms with E-state index in [0.717, 1.165) is 0 Å². The first kappa shape index (κ1) is 16.7. The van der Waals surface area contributed by atoms with Gasteiger partial charge < -0.3 is 16.2 Å². The average molecular weight is 277 g/mol. The van der Waals surface area contributed by atoms with Gasteiger partial charge in [-0.25, -0.2) is 4.79 Å². The molecule has 1 unspecified atom stereocenters. The van der Waals surface area contributed by atoms with Gasteiger partial charge in [0.2, 0.25) is 5.91 Å². The number of primary amides is 1. The van der Waals surface area contributed by atoms with Gasteiger partial charge in [0.15, 0.2) is 0 Å². The van der Waals surface area contributed by atoms with E-state index in [2.05, 4.69) is 0 Å². The predicted octanol–water partition coefficient (Wildman–Crippen LogP) is -0.415. The van der Waals surface area contributed by atoms with Crippen LogP contribution in [-0.4, -0.2) is 42.1 Å². The second-order valence-electron chi connectivity index (χ2n) is 3.42. The lowest BCUT2D eigenvalue weighted by molar-refractivity contribution is -0.144. The summed E-state index contributed by atoms with van der Waals surface area (Å²) in [7, 11) is 0. The van der Waals surface area contributed by atoms with Gasteiger partial charge in [-0.2, -0.15) is 11.8 Å². The number of hydrogen-bond donors (Lipinski definition) is 3. The Morgan fingerprint density at radius 2 is 2.00 bits per heavy atom. The molecule has 0 aromatic rings. The van der Waals surface area contributed by atoms with Gasteiger partial charge in [0, 0.05) is 12.2 Å². The van der Waals surface area contributed by atoms with Crippen molar-refractivity contribution in [2.24, 2.45) is 11.5 Å². The number of thioether (sulfide) groups is 1. The maximum Gasteiger partial charge on any atom is 0.322 e. The van der Waals surface area contributed by atoms with Crippen LogP contribution in [0.4, 0.5) is 4.79 Å². The number of hydrogen-bond acceptors (Lipinski definition) is 6. The molecule has 0 saturated carbocycles. The third-order valence-electron chi connectivity index (χ3n) is 1.90. The molecular formula is C10H19N3O4S. The Bertz CT molecular complexity index is 299. The van der Waals surface area contributed by atoms with E-state index in [0.29, 0.717) is 24.5 Å². The number of rotatable bonds is 8. The van der Waals surface area contributed by atoms with Crippen LogP contribution in [0.15, 0.2) is 0 Å². The minimum Gasteiger partial charge on any atom is -0.465 e. The van der Waals surface area contributed by atoms with E-state index < -0.39 is 23.9 Å². The number of ether oxygens (including phenoxy) is 1. The molecule has 8 heteroatoms. The van der Waals surface area contributed by atoms with Crippen LogP contribution in [0.2, 0.25) is 0 Å². The van der Waals surface area contributed by atoms with Crippen molar-refractivity contribution < 1.29 is 19.1 Å². The molecule has 0 spiro atoms. The van der Waals surface area contributed by atoms with Crippen LogP contribution >= 0.6 is 11.8 Å². The van der Waals surface area contributed by atoms with E-state index >= 15 is 0 Å². The highest BCUT2D eigenvalue weighted by atomic mass is 32.2. The molecule has 0 aliphatic rings. The van der Waals surface area contributed by atoms with E-state index in [1.54, 1.807) is 6.92 Å². The molecule has 0 aromatic carbocycles. The molecule has 0 bridgehead atoms. The summed E-state index contributed by atoms with van der Waals surface area (Å²) in [4.78, 5) is 32.5. The maximum atomic E-state index is 11.2. The predicted molar refractivity (Wildman–Crippen MR) is 68.9 cm³/mol. The Morgan fingerprint density at radius 3 is 2.56 bits per heavy atom. The standard InChI is InChI=1S/C10H19N3O4S/c1-2-17-9(15)7(11)3-5-18-6-4-8(14)13-10(12)16/h7H,2-6,11H2,1H3,(H3,12,13,14,16). The van der Waals surface area contributed by atoms with Gasteiger partial charge in [-0.15, -0.1) is 0 Å². The molecule has 18 heavy (non-hydrogen) atoms. The molecule has 0 radical (unpaired) electrons. The number of esters is 1. The molecule has 104 valence electrons. The Balaban J connectivity index is 3.53. The summed E-state index contributed by atoms with van der Waals surface area (Å²) >= 11 is 1.47. The van der Waals surface area contributed by atoms with E-state index in [1.165, 1.54) is 11.8 Å². The first-order valence-electron chi connectivity index (χ1n) is 5.56. The van der Waals surface area contributed by atoms with Crippen molar-refractivity contribution in [1.29, 1.82) is 0 Å². The molecule has 3 amide bonds. The van der Waals surface area contributed by atoms with Crippen LogP contribution in [0.25, 0.3) is 0 Å². The number of nitrogens with one attached hydrogen (secondary N) is 1. The van der Waals surface area contributed by atoms with Crippen molar-refractivity contribution in [3.05, 3.63) is 0 Å². The lowest BCUT2D eigenvalue weighted by Gasteiger charge is -2.09. The lowest BCUT2D eigenvalue weighted by Crippen LogP contribution is -2.35. The molecule has 0 rings (SSSR count). The van der Waals surface area contributed by atoms with Crippen molar-refractivity contribution >= 4 is 29.7 Å². The highest BCUT2D eigenvalue weighted by molar-refractivity contribution is 7.99. The summed E-state index contributed by atoms with van der Waals surface area (Å²) in [5.74, 6) is 0.354. The lowest BCUT2D eigenvalue weighted by atomic mass is 10.2. The van der Waals surface area contributed by atoms with Crippen LogP contribution in [0.1, 0.15) is 19.8 Å². The number of imide groups is 1. The van der Waals surface area contributed by atoms with E-state index in [4.69, 9.17) is 16.2 Å². The summed E-state index contributed by atoms with van der Waals surface area (Å²) in [6, 6.07) is -1.48. The molecular weight excluding hydrogens is 258 g/mol. The molecule has 0 aromatic heterocycles. The molecule has 0 aliphatic carbocycles. The number of amides is 3. The van der Waals surface area contributed by atoms with Crippen LogP contribution in [0, 0.1) is 0 Å². The Hall–Kier alpha value is -1.28. The normalized spacial score (nSPS) is 11.7. The smallest absolute Gasteiger partial charge is 0.322 e. The van der Waals surface area contributed by atoms with Gasteiger partial charge in [0.05, 0.1) is 6.61 Å². The summed E-state index contributed by atoms with van der Waals surface area (Å²) in [5.41, 5.74) is 10.4. The average Bonchev–Trinajstić information content (AvgIpc) is 2.27. The monoisotopic (exact) mass is 277 g/mol. The summed E-state index contributed by atoms with van der Waals surface area (Å²) in [6.45, 7) is 2.03. The Labute approximate surface area is 110 Å². The van der Waals surface area contributed by atoms with Crippen molar-refractivity contribution in [3.8, 4) is 0 Å². The maximum absolute atomic E-state index is 11.2. The van der Waals surface area contributed by atoms with Gasteiger partial charge in [-0.05, 0) is 19.1 Å². The summed E-state index contributed by atoms with van der Waals surface area (Å²) in [5, 5.41) is 1.97. The zero-order valence-corrected chi connectivity index (χ0v) is 11.1. The van der Waals surface area contributed by atoms with Gasteiger partial charge in [-0.1, -0.05) is 0 Å². The molecule has 0 aliphatic heterocycles. The largest absolute Gasteiger partial charge is 0.465 e. The first-order chi connectivity index (χ1) is 8.47. The zero-order chi connectivity index (χ0) is 14.0. The van der Waals surface area contributed by atoms with E-state index in [-0.39, 0.29) is 6.42 Å². The van der Waals surface area contributed by atoms with Crippen LogP contribution in [0.5, 0.6) is 0 Å². The molecule has 1 atom stereocenters.